The SMILES string of the molecule is Cc1ccc(C(C)C)c(OCCn2c([C@H]3CC(=O)N(c4ccccc4C)C3)nc3ccccc32)c1. The molecule has 5 heteroatoms. The highest BCUT2D eigenvalue weighted by molar-refractivity contribution is 5.97. The largest absolute Gasteiger partial charge is 0.491 e. The van der Waals surface area contributed by atoms with Crippen LogP contribution in [0.2, 0.25) is 0 Å². The molecule has 1 aliphatic heterocycles. The average Bonchev–Trinajstić information content (AvgIpc) is 3.40. The molecule has 1 saturated heterocycles. The smallest absolute Gasteiger partial charge is 0.227 e. The van der Waals surface area contributed by atoms with Gasteiger partial charge in [-0.25, -0.2) is 4.98 Å². The van der Waals surface area contributed by atoms with Gasteiger partial charge in [-0.3, -0.25) is 4.79 Å². The van der Waals surface area contributed by atoms with Crippen LogP contribution in [0.5, 0.6) is 5.75 Å². The normalized spacial score (nSPS) is 16.0. The number of amides is 1. The minimum atomic E-state index is 0.0414. The van der Waals surface area contributed by atoms with Crippen molar-refractivity contribution in [3.63, 3.8) is 0 Å². The van der Waals surface area contributed by atoms with Crippen molar-refractivity contribution in [3.05, 3.63) is 89.2 Å². The summed E-state index contributed by atoms with van der Waals surface area (Å²) in [5.41, 5.74) is 6.57. The number of hydrogen-bond acceptors (Lipinski definition) is 3. The number of carbonyl (C=O) groups excluding carboxylic acids is 1. The van der Waals surface area contributed by atoms with Crippen molar-refractivity contribution in [2.75, 3.05) is 18.1 Å². The molecule has 0 unspecified atom stereocenters. The number of rotatable bonds is 7. The topological polar surface area (TPSA) is 47.4 Å². The molecule has 0 radical (unpaired) electrons. The highest BCUT2D eigenvalue weighted by Crippen LogP contribution is 2.34. The predicted octanol–water partition coefficient (Wildman–Crippen LogP) is 6.38. The fourth-order valence-electron chi connectivity index (χ4n) is 5.11. The van der Waals surface area contributed by atoms with Crippen LogP contribution >= 0.6 is 0 Å². The van der Waals surface area contributed by atoms with Crippen molar-refractivity contribution in [1.29, 1.82) is 0 Å². The first-order valence-corrected chi connectivity index (χ1v) is 12.5. The van der Waals surface area contributed by atoms with Crippen LogP contribution in [0.25, 0.3) is 11.0 Å². The second-order valence-corrected chi connectivity index (χ2v) is 9.85. The number of aromatic nitrogens is 2. The number of para-hydroxylation sites is 3. The molecule has 0 saturated carbocycles. The lowest BCUT2D eigenvalue weighted by Crippen LogP contribution is -2.25. The molecule has 1 amide bonds. The number of hydrogen-bond donors (Lipinski definition) is 0. The standard InChI is InChI=1S/C30H33N3O2/c1-20(2)24-14-13-21(3)17-28(24)35-16-15-32-27-12-8-6-10-25(27)31-30(32)23-18-29(34)33(19-23)26-11-7-5-9-22(26)4/h5-14,17,20,23H,15-16,18-19H2,1-4H3/t23-/m0/s1. The second kappa shape index (κ2) is 9.57. The first kappa shape index (κ1) is 23.2. The Labute approximate surface area is 207 Å². The number of nitrogens with zero attached hydrogens (tertiary/aromatic N) is 3. The van der Waals surface area contributed by atoms with Gasteiger partial charge < -0.3 is 14.2 Å². The Hall–Kier alpha value is -3.60. The third-order valence-electron chi connectivity index (χ3n) is 6.94. The number of ether oxygens (including phenoxy) is 1. The van der Waals surface area contributed by atoms with Crippen molar-refractivity contribution < 1.29 is 9.53 Å². The lowest BCUT2D eigenvalue weighted by atomic mass is 10.0. The Morgan fingerprint density at radius 2 is 1.80 bits per heavy atom. The molecule has 0 spiro atoms. The van der Waals surface area contributed by atoms with Gasteiger partial charge in [-0.1, -0.05) is 56.3 Å². The van der Waals surface area contributed by atoms with Crippen LogP contribution in [0.15, 0.2) is 66.7 Å². The Kier molecular flexibility index (Phi) is 6.33. The summed E-state index contributed by atoms with van der Waals surface area (Å²) in [5.74, 6) is 2.51. The molecule has 35 heavy (non-hydrogen) atoms. The van der Waals surface area contributed by atoms with Gasteiger partial charge in [0, 0.05) is 24.6 Å². The summed E-state index contributed by atoms with van der Waals surface area (Å²) in [6.07, 6.45) is 0.466. The van der Waals surface area contributed by atoms with E-state index in [-0.39, 0.29) is 11.8 Å². The van der Waals surface area contributed by atoms with E-state index in [0.717, 1.165) is 33.9 Å². The maximum absolute atomic E-state index is 13.0. The zero-order chi connectivity index (χ0) is 24.5. The monoisotopic (exact) mass is 467 g/mol. The zero-order valence-corrected chi connectivity index (χ0v) is 21.0. The van der Waals surface area contributed by atoms with Crippen molar-refractivity contribution in [1.82, 2.24) is 9.55 Å². The predicted molar refractivity (Wildman–Crippen MR) is 141 cm³/mol. The molecule has 3 aromatic carbocycles. The number of imidazole rings is 1. The fourth-order valence-corrected chi connectivity index (χ4v) is 5.11. The van der Waals surface area contributed by atoms with Crippen LogP contribution < -0.4 is 9.64 Å². The Bertz CT molecular complexity index is 1370. The minimum Gasteiger partial charge on any atom is -0.491 e. The summed E-state index contributed by atoms with van der Waals surface area (Å²) in [4.78, 5) is 19.9. The van der Waals surface area contributed by atoms with Crippen LogP contribution in [-0.2, 0) is 11.3 Å². The molecule has 0 bridgehead atoms. The van der Waals surface area contributed by atoms with E-state index in [1.165, 1.54) is 11.1 Å². The van der Waals surface area contributed by atoms with E-state index < -0.39 is 0 Å². The molecule has 1 aromatic heterocycles. The third kappa shape index (κ3) is 4.55. The Balaban J connectivity index is 1.41. The average molecular weight is 468 g/mol. The molecule has 5 nitrogen and oxygen atoms in total. The lowest BCUT2D eigenvalue weighted by Gasteiger charge is -2.19. The maximum atomic E-state index is 13.0. The van der Waals surface area contributed by atoms with E-state index in [0.29, 0.717) is 32.0 Å². The summed E-state index contributed by atoms with van der Waals surface area (Å²) in [5, 5.41) is 0. The first-order valence-electron chi connectivity index (χ1n) is 12.5. The van der Waals surface area contributed by atoms with Gasteiger partial charge in [0.05, 0.1) is 17.6 Å². The maximum Gasteiger partial charge on any atom is 0.227 e. The molecule has 4 aromatic rings. The molecule has 0 aliphatic carbocycles. The summed E-state index contributed by atoms with van der Waals surface area (Å²) in [6, 6.07) is 22.7. The molecule has 180 valence electrons. The lowest BCUT2D eigenvalue weighted by molar-refractivity contribution is -0.117. The Morgan fingerprint density at radius 1 is 1.03 bits per heavy atom. The van der Waals surface area contributed by atoms with Crippen LogP contribution in [-0.4, -0.2) is 28.6 Å². The summed E-state index contributed by atoms with van der Waals surface area (Å²) in [6.45, 7) is 10.4. The molecule has 0 N–H and O–H groups in total. The summed E-state index contributed by atoms with van der Waals surface area (Å²) in [7, 11) is 0. The number of carbonyl (C=O) groups is 1. The van der Waals surface area contributed by atoms with Gasteiger partial charge in [-0.2, -0.15) is 0 Å². The van der Waals surface area contributed by atoms with Gasteiger partial charge in [-0.15, -0.1) is 0 Å². The third-order valence-corrected chi connectivity index (χ3v) is 6.94. The highest BCUT2D eigenvalue weighted by atomic mass is 16.5. The van der Waals surface area contributed by atoms with Crippen LogP contribution in [0, 0.1) is 13.8 Å². The quantitative estimate of drug-likeness (QED) is 0.317. The molecule has 5 rings (SSSR count). The molecule has 1 atom stereocenters. The van der Waals surface area contributed by atoms with Gasteiger partial charge >= 0.3 is 0 Å². The molecule has 1 aliphatic rings. The van der Waals surface area contributed by atoms with Crippen molar-refractivity contribution >= 4 is 22.6 Å². The van der Waals surface area contributed by atoms with Crippen molar-refractivity contribution in [2.24, 2.45) is 0 Å². The van der Waals surface area contributed by atoms with Gasteiger partial charge in [0.2, 0.25) is 5.91 Å². The number of anilines is 1. The van der Waals surface area contributed by atoms with Crippen LogP contribution in [0.1, 0.15) is 54.6 Å². The Morgan fingerprint density at radius 3 is 2.60 bits per heavy atom. The van der Waals surface area contributed by atoms with Gasteiger partial charge in [-0.05, 0) is 60.7 Å². The van der Waals surface area contributed by atoms with Crippen molar-refractivity contribution in [3.8, 4) is 5.75 Å². The van der Waals surface area contributed by atoms with Crippen LogP contribution in [0.4, 0.5) is 5.69 Å². The number of fused-ring (bicyclic) bond motifs is 1. The second-order valence-electron chi connectivity index (χ2n) is 9.85. The van der Waals surface area contributed by atoms with E-state index in [2.05, 4.69) is 62.6 Å². The van der Waals surface area contributed by atoms with E-state index >= 15 is 0 Å². The van der Waals surface area contributed by atoms with E-state index in [1.807, 2.05) is 41.3 Å². The highest BCUT2D eigenvalue weighted by Gasteiger charge is 2.35. The van der Waals surface area contributed by atoms with Gasteiger partial charge in [0.25, 0.3) is 0 Å². The fraction of sp³-hybridized carbons (Fsp3) is 0.333. The molecule has 2 heterocycles. The van der Waals surface area contributed by atoms with Gasteiger partial charge in [0.1, 0.15) is 18.2 Å². The van der Waals surface area contributed by atoms with Crippen molar-refractivity contribution in [2.45, 2.75) is 52.5 Å². The number of aryl methyl sites for hydroxylation is 2. The molecular weight excluding hydrogens is 434 g/mol. The zero-order valence-electron chi connectivity index (χ0n) is 21.0. The molecule has 1 fully saturated rings. The van der Waals surface area contributed by atoms with Gasteiger partial charge in [0.15, 0.2) is 0 Å². The van der Waals surface area contributed by atoms with Crippen LogP contribution in [0.3, 0.4) is 0 Å². The minimum absolute atomic E-state index is 0.0414. The first-order chi connectivity index (χ1) is 16.9. The van der Waals surface area contributed by atoms with E-state index in [4.69, 9.17) is 9.72 Å². The van der Waals surface area contributed by atoms with E-state index in [9.17, 15) is 4.79 Å². The van der Waals surface area contributed by atoms with E-state index in [1.54, 1.807) is 0 Å². The molecular formula is C30H33N3O2. The summed E-state index contributed by atoms with van der Waals surface area (Å²) < 4.78 is 8.57. The number of benzene rings is 3. The summed E-state index contributed by atoms with van der Waals surface area (Å²) >= 11 is 0.